The number of hydrogen-bond acceptors (Lipinski definition) is 3. The summed E-state index contributed by atoms with van der Waals surface area (Å²) >= 11 is 35.7. The van der Waals surface area contributed by atoms with Crippen LogP contribution in [0.5, 0.6) is 0 Å². The van der Waals surface area contributed by atoms with Crippen LogP contribution in [-0.2, 0) is 14.2 Å². The minimum atomic E-state index is -2.59. The number of unbranched alkanes of at least 4 members (excludes halogenated alkanes) is 5. The lowest BCUT2D eigenvalue weighted by molar-refractivity contribution is -0.0717. The molecule has 0 unspecified atom stereocenters. The van der Waals surface area contributed by atoms with Crippen molar-refractivity contribution in [3.63, 3.8) is 0 Å². The molecule has 0 fully saturated rings. The molecule has 11 heteroatoms. The van der Waals surface area contributed by atoms with Crippen LogP contribution in [0.15, 0.2) is 0 Å². The van der Waals surface area contributed by atoms with Crippen LogP contribution in [0.25, 0.3) is 0 Å². The molecule has 0 aliphatic carbocycles. The molecule has 0 atom stereocenters. The average Bonchev–Trinajstić information content (AvgIpc) is 2.67. The van der Waals surface area contributed by atoms with Gasteiger partial charge in [-0.2, -0.15) is 0 Å². The molecule has 31 heavy (non-hydrogen) atoms. The molecule has 0 saturated heterocycles. The SMILES string of the molecule is CCCCCCCCOCC(CC)(COCCC[Si](Cl)(Cl)Cl)COCCC[Si](Cl)(Cl)Cl. The van der Waals surface area contributed by atoms with Crippen LogP contribution in [0.1, 0.15) is 71.6 Å². The number of halogens is 6. The van der Waals surface area contributed by atoms with Crippen molar-refractivity contribution >= 4 is 78.5 Å². The summed E-state index contributed by atoms with van der Waals surface area (Å²) < 4.78 is 17.9. The Morgan fingerprint density at radius 2 is 0.935 bits per heavy atom. The smallest absolute Gasteiger partial charge is 0.341 e. The molecule has 3 nitrogen and oxygen atoms in total. The van der Waals surface area contributed by atoms with E-state index >= 15 is 0 Å². The van der Waals surface area contributed by atoms with Crippen LogP contribution >= 0.6 is 66.5 Å². The van der Waals surface area contributed by atoms with E-state index in [-0.39, 0.29) is 5.41 Å². The Morgan fingerprint density at radius 1 is 0.548 bits per heavy atom. The molecule has 0 aromatic heterocycles. The van der Waals surface area contributed by atoms with E-state index in [2.05, 4.69) is 13.8 Å². The van der Waals surface area contributed by atoms with Crippen molar-refractivity contribution in [3.8, 4) is 0 Å². The molecule has 188 valence electrons. The van der Waals surface area contributed by atoms with E-state index in [0.717, 1.165) is 32.3 Å². The summed E-state index contributed by atoms with van der Waals surface area (Å²) in [7, 11) is 0. The summed E-state index contributed by atoms with van der Waals surface area (Å²) in [5.74, 6) is 0. The highest BCUT2D eigenvalue weighted by atomic mass is 35.8. The van der Waals surface area contributed by atoms with Gasteiger partial charge in [-0.15, -0.1) is 66.5 Å². The molecule has 0 aliphatic rings. The predicted molar refractivity (Wildman–Crippen MR) is 144 cm³/mol. The highest BCUT2D eigenvalue weighted by molar-refractivity contribution is 7.65. The van der Waals surface area contributed by atoms with Crippen LogP contribution in [0.4, 0.5) is 0 Å². The third kappa shape index (κ3) is 22.3. The van der Waals surface area contributed by atoms with E-state index < -0.39 is 12.0 Å². The van der Waals surface area contributed by atoms with Gasteiger partial charge >= 0.3 is 12.0 Å². The highest BCUT2D eigenvalue weighted by Crippen LogP contribution is 2.29. The lowest BCUT2D eigenvalue weighted by atomic mass is 9.88. The summed E-state index contributed by atoms with van der Waals surface area (Å²) in [5.41, 5.74) is -0.197. The maximum Gasteiger partial charge on any atom is 0.341 e. The summed E-state index contributed by atoms with van der Waals surface area (Å²) in [5, 5.41) is 0. The molecule has 0 aromatic rings. The van der Waals surface area contributed by atoms with E-state index in [9.17, 15) is 0 Å². The molecule has 0 rings (SSSR count). The van der Waals surface area contributed by atoms with Gasteiger partial charge < -0.3 is 14.2 Å². The van der Waals surface area contributed by atoms with E-state index in [0.29, 0.717) is 45.1 Å². The predicted octanol–water partition coefficient (Wildman–Crippen LogP) is 8.88. The van der Waals surface area contributed by atoms with Crippen molar-refractivity contribution in [1.29, 1.82) is 0 Å². The van der Waals surface area contributed by atoms with Gasteiger partial charge in [-0.1, -0.05) is 46.0 Å². The number of ether oxygens (including phenoxy) is 3. The molecule has 0 bridgehead atoms. The molecule has 0 spiro atoms. The van der Waals surface area contributed by atoms with Gasteiger partial charge in [0.1, 0.15) is 0 Å². The fourth-order valence-electron chi connectivity index (χ4n) is 3.03. The van der Waals surface area contributed by atoms with Crippen molar-refractivity contribution in [3.05, 3.63) is 0 Å². The van der Waals surface area contributed by atoms with Gasteiger partial charge in [0.2, 0.25) is 0 Å². The van der Waals surface area contributed by atoms with E-state index in [1.807, 2.05) is 0 Å². The van der Waals surface area contributed by atoms with Gasteiger partial charge in [-0.25, -0.2) is 0 Å². The normalized spacial score (nSPS) is 13.2. The Morgan fingerprint density at radius 3 is 1.32 bits per heavy atom. The van der Waals surface area contributed by atoms with E-state index in [4.69, 9.17) is 80.7 Å². The summed E-state index contributed by atoms with van der Waals surface area (Å²) in [4.78, 5) is 0. The monoisotopic (exact) mass is 594 g/mol. The molecule has 0 aromatic carbocycles. The second-order valence-corrected chi connectivity index (χ2v) is 26.8. The molecule has 0 heterocycles. The van der Waals surface area contributed by atoms with Gasteiger partial charge in [0, 0.05) is 25.2 Å². The lowest BCUT2D eigenvalue weighted by Crippen LogP contribution is -2.37. The Bertz CT molecular complexity index is 399. The zero-order valence-electron chi connectivity index (χ0n) is 19.0. The van der Waals surface area contributed by atoms with Gasteiger partial charge in [0.25, 0.3) is 0 Å². The first kappa shape index (κ1) is 33.1. The van der Waals surface area contributed by atoms with Crippen LogP contribution in [-0.4, -0.2) is 51.6 Å². The maximum atomic E-state index is 6.05. The van der Waals surface area contributed by atoms with E-state index in [1.54, 1.807) is 0 Å². The van der Waals surface area contributed by atoms with Crippen LogP contribution in [0, 0.1) is 5.41 Å². The first-order chi connectivity index (χ1) is 14.5. The minimum Gasteiger partial charge on any atom is -0.381 e. The van der Waals surface area contributed by atoms with Crippen molar-refractivity contribution in [2.75, 3.05) is 39.6 Å². The molecule has 0 saturated carbocycles. The van der Waals surface area contributed by atoms with Gasteiger partial charge in [0.05, 0.1) is 19.8 Å². The second-order valence-electron chi connectivity index (χ2n) is 8.22. The van der Waals surface area contributed by atoms with Gasteiger partial charge in [-0.3, -0.25) is 0 Å². The van der Waals surface area contributed by atoms with Crippen molar-refractivity contribution in [2.24, 2.45) is 5.41 Å². The fourth-order valence-corrected chi connectivity index (χ4v) is 6.53. The highest BCUT2D eigenvalue weighted by Gasteiger charge is 2.31. The van der Waals surface area contributed by atoms with Gasteiger partial charge in [-0.05, 0) is 37.8 Å². The number of hydrogen-bond donors (Lipinski definition) is 0. The molecule has 0 amide bonds. The summed E-state index contributed by atoms with van der Waals surface area (Å²) in [6.07, 6.45) is 9.86. The Balaban J connectivity index is 4.41. The van der Waals surface area contributed by atoms with Crippen LogP contribution in [0.3, 0.4) is 0 Å². The molecular formula is C20H40Cl6O3Si2. The summed E-state index contributed by atoms with van der Waals surface area (Å²) in [6, 6.07) is -3.98. The van der Waals surface area contributed by atoms with Crippen LogP contribution in [0.2, 0.25) is 12.1 Å². The van der Waals surface area contributed by atoms with Crippen molar-refractivity contribution in [1.82, 2.24) is 0 Å². The summed E-state index contributed by atoms with van der Waals surface area (Å²) in [6.45, 7) is 8.00. The topological polar surface area (TPSA) is 27.7 Å². The minimum absolute atomic E-state index is 0.197. The zero-order chi connectivity index (χ0) is 23.6. The quantitative estimate of drug-likeness (QED) is 0.0709. The van der Waals surface area contributed by atoms with Crippen molar-refractivity contribution in [2.45, 2.75) is 83.7 Å². The maximum absolute atomic E-state index is 6.05. The Hall–Kier alpha value is 2.05. The third-order valence-electron chi connectivity index (χ3n) is 5.11. The Kier molecular flexibility index (Phi) is 20.5. The second kappa shape index (κ2) is 19.3. The first-order valence-electron chi connectivity index (χ1n) is 11.4. The van der Waals surface area contributed by atoms with E-state index in [1.165, 1.54) is 32.1 Å². The average molecular weight is 597 g/mol. The van der Waals surface area contributed by atoms with Gasteiger partial charge in [0.15, 0.2) is 0 Å². The Labute approximate surface area is 220 Å². The standard InChI is InChI=1S/C20H40Cl6O3Si2/c1-3-5-6-7-8-9-12-27-17-20(4-2,18-28-13-10-15-30(21,22)23)19-29-14-11-16-31(24,25)26/h3-19H2,1-2H3. The first-order valence-corrected chi connectivity index (χ1v) is 21.9. The molecule has 0 N–H and O–H groups in total. The third-order valence-corrected chi connectivity index (χ3v) is 10.4. The van der Waals surface area contributed by atoms with Crippen molar-refractivity contribution < 1.29 is 14.2 Å². The van der Waals surface area contributed by atoms with Crippen LogP contribution < -0.4 is 0 Å². The lowest BCUT2D eigenvalue weighted by Gasteiger charge is -2.32. The molecule has 0 aliphatic heterocycles. The fraction of sp³-hybridized carbons (Fsp3) is 1.00. The largest absolute Gasteiger partial charge is 0.381 e. The zero-order valence-corrected chi connectivity index (χ0v) is 25.5. The molecular weight excluding hydrogens is 557 g/mol. The number of rotatable bonds is 22. The molecule has 0 radical (unpaired) electrons.